The van der Waals surface area contributed by atoms with Crippen LogP contribution in [0.25, 0.3) is 43.2 Å². The number of carbonyl (C=O) groups is 4. The predicted molar refractivity (Wildman–Crippen MR) is 233 cm³/mol. The Morgan fingerprint density at radius 2 is 1.45 bits per heavy atom. The molecule has 3 N–H and O–H groups in total. The van der Waals surface area contributed by atoms with Crippen LogP contribution in [0, 0.1) is 36.5 Å². The summed E-state index contributed by atoms with van der Waals surface area (Å²) in [7, 11) is 2.66. The van der Waals surface area contributed by atoms with Gasteiger partial charge in [0.05, 0.1) is 56.0 Å². The number of likely N-dealkylation sites (tertiary alicyclic amines) is 2. The van der Waals surface area contributed by atoms with E-state index in [-0.39, 0.29) is 48.1 Å². The molecule has 0 radical (unpaired) electrons. The molecule has 2 fully saturated rings. The van der Waals surface area contributed by atoms with Gasteiger partial charge >= 0.3 is 12.1 Å². The van der Waals surface area contributed by atoms with Gasteiger partial charge < -0.3 is 34.6 Å². The first-order valence-electron chi connectivity index (χ1n) is 20.9. The van der Waals surface area contributed by atoms with E-state index in [1.807, 2.05) is 43.7 Å². The molecule has 318 valence electrons. The lowest BCUT2D eigenvalue weighted by atomic mass is 9.90. The number of methoxy groups -OCH3 is 2. The van der Waals surface area contributed by atoms with Crippen LogP contribution in [0.1, 0.15) is 90.1 Å². The molecule has 0 spiro atoms. The number of thiophene rings is 1. The van der Waals surface area contributed by atoms with E-state index in [4.69, 9.17) is 19.4 Å². The molecule has 14 heteroatoms. The van der Waals surface area contributed by atoms with E-state index in [9.17, 15) is 19.2 Å². The number of nitrogens with zero attached hydrogens (tertiary/aromatic N) is 4. The van der Waals surface area contributed by atoms with Crippen molar-refractivity contribution in [2.75, 3.05) is 27.3 Å². The highest BCUT2D eigenvalue weighted by molar-refractivity contribution is 7.21. The van der Waals surface area contributed by atoms with Gasteiger partial charge in [0, 0.05) is 18.0 Å². The average molecular weight is 836 g/mol. The number of aromatic amines is 2. The highest BCUT2D eigenvalue weighted by Crippen LogP contribution is 2.41. The lowest BCUT2D eigenvalue weighted by molar-refractivity contribution is -0.148. The van der Waals surface area contributed by atoms with Crippen molar-refractivity contribution in [2.24, 2.45) is 29.6 Å². The number of H-pyrrole nitrogens is 2. The Kier molecular flexibility index (Phi) is 12.5. The number of benzene rings is 2. The second-order valence-electron chi connectivity index (χ2n) is 17.4. The Hall–Kier alpha value is -5.50. The molecule has 0 unspecified atom stereocenters. The van der Waals surface area contributed by atoms with Crippen LogP contribution in [-0.4, -0.2) is 87.0 Å². The van der Waals surface area contributed by atoms with Crippen molar-refractivity contribution < 1.29 is 28.7 Å². The van der Waals surface area contributed by atoms with E-state index in [1.54, 1.807) is 11.3 Å². The van der Waals surface area contributed by atoms with Gasteiger partial charge in [0.25, 0.3) is 0 Å². The Morgan fingerprint density at radius 3 is 2.05 bits per heavy atom. The first kappa shape index (κ1) is 42.6. The minimum Gasteiger partial charge on any atom is -0.469 e. The van der Waals surface area contributed by atoms with Gasteiger partial charge in [-0.1, -0.05) is 84.0 Å². The molecular weight excluding hydrogens is 779 g/mol. The number of amides is 3. The molecule has 13 nitrogen and oxygen atoms in total. The molecule has 0 aliphatic carbocycles. The fraction of sp³-hybridized carbons (Fsp3) is 0.478. The molecule has 0 bridgehead atoms. The zero-order valence-electron chi connectivity index (χ0n) is 36.0. The van der Waals surface area contributed by atoms with Crippen LogP contribution in [0.5, 0.6) is 0 Å². The van der Waals surface area contributed by atoms with Crippen molar-refractivity contribution in [1.82, 2.24) is 35.1 Å². The van der Waals surface area contributed by atoms with Crippen LogP contribution >= 0.6 is 11.3 Å². The van der Waals surface area contributed by atoms with Crippen LogP contribution in [0.3, 0.4) is 0 Å². The number of hydrogen-bond acceptors (Lipinski definition) is 9. The van der Waals surface area contributed by atoms with Gasteiger partial charge in [-0.3, -0.25) is 14.4 Å². The van der Waals surface area contributed by atoms with Gasteiger partial charge in [0.2, 0.25) is 11.8 Å². The van der Waals surface area contributed by atoms with Crippen molar-refractivity contribution in [3.8, 4) is 32.8 Å². The first-order chi connectivity index (χ1) is 28.6. The third-order valence-electron chi connectivity index (χ3n) is 12.2. The first-order valence-corrected chi connectivity index (χ1v) is 21.8. The molecule has 6 atom stereocenters. The van der Waals surface area contributed by atoms with Crippen LogP contribution in [0.2, 0.25) is 0 Å². The lowest BCUT2D eigenvalue weighted by Crippen LogP contribution is -2.51. The normalized spacial score (nSPS) is 20.2. The van der Waals surface area contributed by atoms with Crippen LogP contribution < -0.4 is 5.32 Å². The maximum absolute atomic E-state index is 13.8. The van der Waals surface area contributed by atoms with Gasteiger partial charge in [-0.05, 0) is 77.3 Å². The number of nitrogens with one attached hydrogen (secondary N) is 3. The smallest absolute Gasteiger partial charge is 0.407 e. The summed E-state index contributed by atoms with van der Waals surface area (Å²) in [4.78, 5) is 74.2. The number of aromatic nitrogens is 4. The number of imidazole rings is 2. The van der Waals surface area contributed by atoms with Gasteiger partial charge in [0.1, 0.15) is 22.5 Å². The number of hydrogen-bond donors (Lipinski definition) is 3. The summed E-state index contributed by atoms with van der Waals surface area (Å²) in [5, 5.41) is 2.73. The van der Waals surface area contributed by atoms with Crippen LogP contribution in [0.4, 0.5) is 4.79 Å². The second kappa shape index (κ2) is 17.6. The number of esters is 1. The Balaban J connectivity index is 1.04. The zero-order chi connectivity index (χ0) is 43.0. The quantitative estimate of drug-likeness (QED) is 0.105. The number of rotatable bonds is 12. The molecule has 7 rings (SSSR count). The molecule has 0 saturated carbocycles. The summed E-state index contributed by atoms with van der Waals surface area (Å²) in [5.74, 6) is 1.03. The van der Waals surface area contributed by atoms with E-state index >= 15 is 0 Å². The van der Waals surface area contributed by atoms with Gasteiger partial charge in [-0.15, -0.1) is 11.3 Å². The number of fused-ring (bicyclic) bond motifs is 1. The molecule has 5 heterocycles. The Morgan fingerprint density at radius 1 is 0.817 bits per heavy atom. The topological polar surface area (TPSA) is 163 Å². The van der Waals surface area contributed by atoms with E-state index in [2.05, 4.69) is 84.6 Å². The number of carbonyl (C=O) groups excluding carboxylic acids is 4. The summed E-state index contributed by atoms with van der Waals surface area (Å²) in [6.07, 6.45) is 2.87. The van der Waals surface area contributed by atoms with Crippen molar-refractivity contribution in [3.63, 3.8) is 0 Å². The van der Waals surface area contributed by atoms with Crippen molar-refractivity contribution in [1.29, 1.82) is 0 Å². The third kappa shape index (κ3) is 8.70. The molecule has 2 saturated heterocycles. The summed E-state index contributed by atoms with van der Waals surface area (Å²) < 4.78 is 9.69. The molecule has 2 aliphatic rings. The van der Waals surface area contributed by atoms with E-state index in [0.717, 1.165) is 73.2 Å². The largest absolute Gasteiger partial charge is 0.469 e. The number of aryl methyl sites for hydroxylation is 1. The molecule has 3 amide bonds. The van der Waals surface area contributed by atoms with E-state index < -0.39 is 18.1 Å². The molecule has 3 aromatic heterocycles. The highest BCUT2D eigenvalue weighted by Gasteiger charge is 2.42. The van der Waals surface area contributed by atoms with Gasteiger partial charge in [0.15, 0.2) is 0 Å². The summed E-state index contributed by atoms with van der Waals surface area (Å²) >= 11 is 1.62. The highest BCUT2D eigenvalue weighted by atomic mass is 32.1. The SMILES string of the molecule is COC(=O)C[C@H](C(=O)N1C[C@@H](C)C[C@H]1c1ncc(-c2ccc(-c3ccc(-c4cc5[nH]c([C@@H]6C[C@H](C)CN6C(=O)[C@@H](NC(=O)OC)C(C)C)nc5s4)cc3C)cc2)[nH]1)C(C)C. The summed E-state index contributed by atoms with van der Waals surface area (Å²) in [6.45, 7) is 15.4. The molecular formula is C46H57N7O6S. The average Bonchev–Trinajstić information content (AvgIpc) is 4.07. The molecule has 60 heavy (non-hydrogen) atoms. The Bertz CT molecular complexity index is 2330. The van der Waals surface area contributed by atoms with Crippen LogP contribution in [0.15, 0.2) is 54.7 Å². The van der Waals surface area contributed by atoms with Gasteiger partial charge in [-0.25, -0.2) is 14.8 Å². The molecule has 2 aliphatic heterocycles. The van der Waals surface area contributed by atoms with Gasteiger partial charge in [-0.2, -0.15) is 0 Å². The molecule has 5 aromatic rings. The monoisotopic (exact) mass is 835 g/mol. The summed E-state index contributed by atoms with van der Waals surface area (Å²) in [5.41, 5.74) is 7.31. The minimum absolute atomic E-state index is 0.00154. The summed E-state index contributed by atoms with van der Waals surface area (Å²) in [6, 6.07) is 16.0. The third-order valence-corrected chi connectivity index (χ3v) is 13.2. The maximum Gasteiger partial charge on any atom is 0.407 e. The fourth-order valence-corrected chi connectivity index (χ4v) is 9.81. The molecule has 2 aromatic carbocycles. The fourth-order valence-electron chi connectivity index (χ4n) is 8.81. The van der Waals surface area contributed by atoms with E-state index in [1.165, 1.54) is 14.2 Å². The number of ether oxygens (including phenoxy) is 2. The Labute approximate surface area is 355 Å². The zero-order valence-corrected chi connectivity index (χ0v) is 36.8. The lowest BCUT2D eigenvalue weighted by Gasteiger charge is -2.30. The minimum atomic E-state index is -0.691. The predicted octanol–water partition coefficient (Wildman–Crippen LogP) is 8.69. The van der Waals surface area contributed by atoms with Crippen LogP contribution in [-0.2, 0) is 23.9 Å². The standard InChI is InChI=1S/C46H57N7O6S/c1-24(2)33(19-39(54)58-8)44(55)52-22-26(5)16-36(52)41-47-21-35(49-41)30-12-10-29(11-13-30)32-15-14-31(18-28(32)7)38-20-34-43(60-38)51-42(48-34)37-17-27(6)23-53(37)45(56)40(25(3)4)50-46(57)59-9/h10-15,18,20-21,24-27,33,36-37,40H,16-17,19,22-23H2,1-9H3,(H,47,49)(H,48,51)(H,50,57)/t26-,27-,33-,36-,37-,40-/m0/s1. The number of alkyl carbamates (subject to hydrolysis) is 1. The maximum atomic E-state index is 13.8. The van der Waals surface area contributed by atoms with Crippen molar-refractivity contribution in [3.05, 3.63) is 71.9 Å². The van der Waals surface area contributed by atoms with E-state index in [0.29, 0.717) is 24.9 Å². The second-order valence-corrected chi connectivity index (χ2v) is 18.5. The van der Waals surface area contributed by atoms with Crippen molar-refractivity contribution >= 4 is 45.6 Å². The van der Waals surface area contributed by atoms with Crippen molar-refractivity contribution in [2.45, 2.75) is 85.9 Å².